The van der Waals surface area contributed by atoms with E-state index in [1.54, 1.807) is 0 Å². The first-order valence-corrected chi connectivity index (χ1v) is 6.36. The molecule has 2 aliphatic carbocycles. The Balaban J connectivity index is 2.11. The molecule has 4 atom stereocenters. The maximum Gasteiger partial charge on any atom is 0.305 e. The van der Waals surface area contributed by atoms with Gasteiger partial charge in [-0.05, 0) is 43.9 Å². The van der Waals surface area contributed by atoms with Crippen LogP contribution in [-0.4, -0.2) is 13.7 Å². The van der Waals surface area contributed by atoms with Gasteiger partial charge in [-0.15, -0.1) is 3.89 Å². The van der Waals surface area contributed by atoms with Crippen LogP contribution in [-0.2, 0) is 10.2 Å². The summed E-state index contributed by atoms with van der Waals surface area (Å²) in [5, 5.41) is -0.775. The second-order valence-corrected chi connectivity index (χ2v) is 6.21. The van der Waals surface area contributed by atoms with Crippen LogP contribution < -0.4 is 0 Å². The minimum Gasteiger partial charge on any atom is -0.195 e. The monoisotopic (exact) mass is 206 g/mol. The van der Waals surface area contributed by atoms with Gasteiger partial charge >= 0.3 is 10.2 Å². The lowest BCUT2D eigenvalue weighted by molar-refractivity contribution is 0.320. The van der Waals surface area contributed by atoms with Crippen LogP contribution in [0.2, 0.25) is 0 Å². The highest BCUT2D eigenvalue weighted by Gasteiger charge is 2.45. The third kappa shape index (κ3) is 1.60. The van der Waals surface area contributed by atoms with Crippen LogP contribution in [0.3, 0.4) is 0 Å². The molecule has 4 heteroatoms. The van der Waals surface area contributed by atoms with Crippen molar-refractivity contribution in [3.05, 3.63) is 0 Å². The molecule has 0 spiro atoms. The SMILES string of the molecule is CC(C1CC2CCC1C2)S(=O)(=O)F. The van der Waals surface area contributed by atoms with Gasteiger partial charge < -0.3 is 0 Å². The lowest BCUT2D eigenvalue weighted by atomic mass is 9.87. The minimum atomic E-state index is -4.31. The van der Waals surface area contributed by atoms with Gasteiger partial charge in [0, 0.05) is 0 Å². The zero-order valence-corrected chi connectivity index (χ0v) is 8.56. The van der Waals surface area contributed by atoms with Gasteiger partial charge in [0.15, 0.2) is 0 Å². The number of rotatable bonds is 2. The van der Waals surface area contributed by atoms with E-state index in [9.17, 15) is 12.3 Å². The van der Waals surface area contributed by atoms with Crippen molar-refractivity contribution in [3.8, 4) is 0 Å². The van der Waals surface area contributed by atoms with E-state index in [1.165, 1.54) is 13.3 Å². The van der Waals surface area contributed by atoms with E-state index in [2.05, 4.69) is 0 Å². The van der Waals surface area contributed by atoms with E-state index < -0.39 is 15.5 Å². The summed E-state index contributed by atoms with van der Waals surface area (Å²) in [5.74, 6) is 1.25. The van der Waals surface area contributed by atoms with Crippen molar-refractivity contribution in [1.82, 2.24) is 0 Å². The molecule has 0 aromatic rings. The lowest BCUT2D eigenvalue weighted by Gasteiger charge is -2.24. The Morgan fingerprint density at radius 1 is 1.31 bits per heavy atom. The molecular weight excluding hydrogens is 191 g/mol. The van der Waals surface area contributed by atoms with Gasteiger partial charge in [-0.3, -0.25) is 0 Å². The second-order valence-electron chi connectivity index (χ2n) is 4.52. The molecule has 0 N–H and O–H groups in total. The molecule has 13 heavy (non-hydrogen) atoms. The maximum absolute atomic E-state index is 12.7. The molecule has 2 nitrogen and oxygen atoms in total. The Labute approximate surface area is 78.7 Å². The molecule has 2 fully saturated rings. The van der Waals surface area contributed by atoms with Crippen LogP contribution in [0.25, 0.3) is 0 Å². The Bertz CT molecular complexity index is 299. The number of halogens is 1. The standard InChI is InChI=1S/C9H15FO2S/c1-6(13(10,11)12)9-5-7-2-3-8(9)4-7/h6-9H,2-5H2,1H3. The minimum absolute atomic E-state index is 0.0914. The fraction of sp³-hybridized carbons (Fsp3) is 1.00. The second kappa shape index (κ2) is 2.94. The van der Waals surface area contributed by atoms with Crippen molar-refractivity contribution in [3.63, 3.8) is 0 Å². The molecule has 0 aromatic heterocycles. The zero-order valence-electron chi connectivity index (χ0n) is 7.74. The van der Waals surface area contributed by atoms with Gasteiger partial charge in [-0.25, -0.2) is 0 Å². The van der Waals surface area contributed by atoms with Gasteiger partial charge in [0.25, 0.3) is 0 Å². The average Bonchev–Trinajstić information content (AvgIpc) is 2.60. The van der Waals surface area contributed by atoms with E-state index in [0.717, 1.165) is 19.3 Å². The van der Waals surface area contributed by atoms with E-state index in [4.69, 9.17) is 0 Å². The molecule has 0 aliphatic heterocycles. The molecule has 2 rings (SSSR count). The molecule has 0 radical (unpaired) electrons. The Morgan fingerprint density at radius 3 is 2.38 bits per heavy atom. The van der Waals surface area contributed by atoms with Crippen molar-refractivity contribution in [2.45, 2.75) is 37.9 Å². The topological polar surface area (TPSA) is 34.1 Å². The van der Waals surface area contributed by atoms with E-state index >= 15 is 0 Å². The third-order valence-electron chi connectivity index (χ3n) is 3.84. The molecule has 2 saturated carbocycles. The quantitative estimate of drug-likeness (QED) is 0.648. The molecular formula is C9H15FO2S. The van der Waals surface area contributed by atoms with Crippen molar-refractivity contribution in [2.75, 3.05) is 0 Å². The first-order chi connectivity index (χ1) is 5.98. The fourth-order valence-corrected chi connectivity index (χ4v) is 3.83. The smallest absolute Gasteiger partial charge is 0.195 e. The average molecular weight is 206 g/mol. The summed E-state index contributed by atoms with van der Waals surface area (Å²) in [6.45, 7) is 1.51. The van der Waals surface area contributed by atoms with Crippen molar-refractivity contribution >= 4 is 10.2 Å². The van der Waals surface area contributed by atoms with Crippen LogP contribution in [0.5, 0.6) is 0 Å². The van der Waals surface area contributed by atoms with Crippen LogP contribution >= 0.6 is 0 Å². The van der Waals surface area contributed by atoms with Crippen LogP contribution in [0.1, 0.15) is 32.6 Å². The third-order valence-corrected chi connectivity index (χ3v) is 5.08. The summed E-state index contributed by atoms with van der Waals surface area (Å²) < 4.78 is 34.2. The number of hydrogen-bond acceptors (Lipinski definition) is 2. The van der Waals surface area contributed by atoms with E-state index in [-0.39, 0.29) is 5.92 Å². The molecule has 4 unspecified atom stereocenters. The molecule has 0 heterocycles. The summed E-state index contributed by atoms with van der Waals surface area (Å²) in [4.78, 5) is 0. The van der Waals surface area contributed by atoms with Crippen molar-refractivity contribution < 1.29 is 12.3 Å². The summed E-state index contributed by atoms with van der Waals surface area (Å²) in [6.07, 6.45) is 4.38. The van der Waals surface area contributed by atoms with Crippen LogP contribution in [0.15, 0.2) is 0 Å². The largest absolute Gasteiger partial charge is 0.305 e. The molecule has 2 aliphatic rings. The predicted molar refractivity (Wildman–Crippen MR) is 48.4 cm³/mol. The molecule has 2 bridgehead atoms. The Hall–Kier alpha value is -0.120. The van der Waals surface area contributed by atoms with Gasteiger partial charge in [0.05, 0.1) is 5.25 Å². The highest BCUT2D eigenvalue weighted by atomic mass is 32.3. The number of hydrogen-bond donors (Lipinski definition) is 0. The zero-order chi connectivity index (χ0) is 9.64. The summed E-state index contributed by atoms with van der Waals surface area (Å²) >= 11 is 0. The summed E-state index contributed by atoms with van der Waals surface area (Å²) in [7, 11) is -4.31. The van der Waals surface area contributed by atoms with E-state index in [1.807, 2.05) is 0 Å². The lowest BCUT2D eigenvalue weighted by Crippen LogP contribution is -2.28. The molecule has 0 aromatic carbocycles. The maximum atomic E-state index is 12.7. The normalized spacial score (nSPS) is 40.9. The highest BCUT2D eigenvalue weighted by Crippen LogP contribution is 2.50. The highest BCUT2D eigenvalue weighted by molar-refractivity contribution is 7.87. The van der Waals surface area contributed by atoms with Gasteiger partial charge in [-0.1, -0.05) is 6.42 Å². The first-order valence-electron chi connectivity index (χ1n) is 4.92. The number of fused-ring (bicyclic) bond motifs is 2. The van der Waals surface area contributed by atoms with Gasteiger partial charge in [-0.2, -0.15) is 8.42 Å². The van der Waals surface area contributed by atoms with Crippen molar-refractivity contribution in [1.29, 1.82) is 0 Å². The van der Waals surface area contributed by atoms with Gasteiger partial charge in [0.1, 0.15) is 0 Å². The fourth-order valence-electron chi connectivity index (χ4n) is 3.08. The molecule has 0 amide bonds. The predicted octanol–water partition coefficient (Wildman–Crippen LogP) is 2.11. The summed E-state index contributed by atoms with van der Waals surface area (Å²) in [5.41, 5.74) is 0. The Kier molecular flexibility index (Phi) is 2.13. The molecule has 76 valence electrons. The van der Waals surface area contributed by atoms with Crippen LogP contribution in [0, 0.1) is 17.8 Å². The summed E-state index contributed by atoms with van der Waals surface area (Å²) in [6, 6.07) is 0. The van der Waals surface area contributed by atoms with E-state index in [0.29, 0.717) is 11.8 Å². The van der Waals surface area contributed by atoms with Crippen LogP contribution in [0.4, 0.5) is 3.89 Å². The Morgan fingerprint density at radius 2 is 2.00 bits per heavy atom. The van der Waals surface area contributed by atoms with Crippen molar-refractivity contribution in [2.24, 2.45) is 17.8 Å². The van der Waals surface area contributed by atoms with Gasteiger partial charge in [0.2, 0.25) is 0 Å². The first kappa shape index (κ1) is 9.44. The molecule has 0 saturated heterocycles.